The number of hydrogen-bond acceptors (Lipinski definition) is 7. The van der Waals surface area contributed by atoms with Gasteiger partial charge in [0, 0.05) is 32.7 Å². The van der Waals surface area contributed by atoms with Gasteiger partial charge in [-0.15, -0.1) is 0 Å². The lowest BCUT2D eigenvalue weighted by molar-refractivity contribution is -0.140. The first-order valence-electron chi connectivity index (χ1n) is 13.2. The molecule has 4 N–H and O–H groups in total. The quantitative estimate of drug-likeness (QED) is 0.263. The van der Waals surface area contributed by atoms with Gasteiger partial charge in [-0.3, -0.25) is 19.3 Å². The number of carbonyl (C=O) groups excluding carboxylic acids is 4. The summed E-state index contributed by atoms with van der Waals surface area (Å²) in [5, 5.41) is 10.8. The lowest BCUT2D eigenvalue weighted by Gasteiger charge is -2.27. The Balaban J connectivity index is 1.90. The molecule has 1 aliphatic rings. The molecule has 0 spiro atoms. The predicted molar refractivity (Wildman–Crippen MR) is 144 cm³/mol. The van der Waals surface area contributed by atoms with Crippen LogP contribution in [0.1, 0.15) is 44.7 Å². The molecule has 2 rings (SSSR count). The maximum Gasteiger partial charge on any atom is 0.315 e. The fourth-order valence-corrected chi connectivity index (χ4v) is 4.16. The predicted octanol–water partition coefficient (Wildman–Crippen LogP) is 1.13. The van der Waals surface area contributed by atoms with Crippen molar-refractivity contribution in [2.75, 3.05) is 46.5 Å². The van der Waals surface area contributed by atoms with Crippen molar-refractivity contribution in [3.05, 3.63) is 29.3 Å². The van der Waals surface area contributed by atoms with Crippen LogP contribution >= 0.6 is 0 Å². The number of carbonyl (C=O) groups is 4. The summed E-state index contributed by atoms with van der Waals surface area (Å²) >= 11 is 0. The maximum atomic E-state index is 13.0. The second-order valence-corrected chi connectivity index (χ2v) is 9.91. The van der Waals surface area contributed by atoms with Gasteiger partial charge in [-0.25, -0.2) is 4.79 Å². The summed E-state index contributed by atoms with van der Waals surface area (Å²) in [6.07, 6.45) is 0.616. The molecular weight excluding hydrogens is 490 g/mol. The van der Waals surface area contributed by atoms with Gasteiger partial charge in [0.25, 0.3) is 5.91 Å². The number of Topliss-reactive ketones (excluding diaryl/α,β-unsaturated/α-hetero) is 1. The van der Waals surface area contributed by atoms with E-state index in [-0.39, 0.29) is 18.9 Å². The number of aryl methyl sites for hydroxylation is 1. The lowest BCUT2D eigenvalue weighted by Crippen LogP contribution is -2.55. The fourth-order valence-electron chi connectivity index (χ4n) is 4.16. The van der Waals surface area contributed by atoms with Crippen LogP contribution < -0.4 is 26.0 Å². The van der Waals surface area contributed by atoms with Crippen molar-refractivity contribution >= 4 is 23.6 Å². The Labute approximate surface area is 225 Å². The van der Waals surface area contributed by atoms with E-state index in [0.717, 1.165) is 24.2 Å². The highest BCUT2D eigenvalue weighted by Gasteiger charge is 2.29. The first-order valence-corrected chi connectivity index (χ1v) is 13.2. The van der Waals surface area contributed by atoms with E-state index in [0.29, 0.717) is 38.5 Å². The van der Waals surface area contributed by atoms with E-state index < -0.39 is 35.7 Å². The SMILES string of the molecule is CCC(NC(=O)[C@H](CC(C)C)NC(=O)NCCN1CCOCC1)C(=O)C(=O)NCc1cc(C)cc(OC)c1. The number of morpholine rings is 1. The van der Waals surface area contributed by atoms with E-state index in [1.54, 1.807) is 20.1 Å². The van der Waals surface area contributed by atoms with Crippen LogP contribution in [0, 0.1) is 12.8 Å². The molecule has 4 amide bonds. The number of nitrogens with zero attached hydrogens (tertiary/aromatic N) is 1. The van der Waals surface area contributed by atoms with Crippen molar-refractivity contribution in [3.63, 3.8) is 0 Å². The van der Waals surface area contributed by atoms with Crippen molar-refractivity contribution in [1.29, 1.82) is 0 Å². The van der Waals surface area contributed by atoms with Gasteiger partial charge in [-0.05, 0) is 48.9 Å². The van der Waals surface area contributed by atoms with Gasteiger partial charge in [-0.2, -0.15) is 0 Å². The Bertz CT molecular complexity index is 948. The van der Waals surface area contributed by atoms with E-state index in [9.17, 15) is 19.2 Å². The van der Waals surface area contributed by atoms with E-state index in [1.807, 2.05) is 32.9 Å². The highest BCUT2D eigenvalue weighted by atomic mass is 16.5. The average Bonchev–Trinajstić information content (AvgIpc) is 2.89. The van der Waals surface area contributed by atoms with Crippen LogP contribution in [-0.4, -0.2) is 87.1 Å². The average molecular weight is 534 g/mol. The Morgan fingerprint density at radius 1 is 1.03 bits per heavy atom. The first-order chi connectivity index (χ1) is 18.1. The second-order valence-electron chi connectivity index (χ2n) is 9.91. The van der Waals surface area contributed by atoms with Crippen LogP contribution in [0.15, 0.2) is 18.2 Å². The number of methoxy groups -OCH3 is 1. The molecule has 212 valence electrons. The zero-order valence-electron chi connectivity index (χ0n) is 23.2. The van der Waals surface area contributed by atoms with Gasteiger partial charge < -0.3 is 30.7 Å². The van der Waals surface area contributed by atoms with Crippen molar-refractivity contribution < 1.29 is 28.7 Å². The highest BCUT2D eigenvalue weighted by Crippen LogP contribution is 2.16. The first kappa shape index (κ1) is 31.0. The van der Waals surface area contributed by atoms with Crippen molar-refractivity contribution in [3.8, 4) is 5.75 Å². The zero-order valence-corrected chi connectivity index (χ0v) is 23.2. The molecule has 11 heteroatoms. The molecule has 0 aromatic heterocycles. The number of nitrogens with one attached hydrogen (secondary N) is 4. The summed E-state index contributed by atoms with van der Waals surface area (Å²) in [5.74, 6) is -1.25. The third kappa shape index (κ3) is 10.7. The minimum Gasteiger partial charge on any atom is -0.497 e. The Morgan fingerprint density at radius 2 is 1.74 bits per heavy atom. The topological polar surface area (TPSA) is 138 Å². The number of amides is 4. The van der Waals surface area contributed by atoms with Gasteiger partial charge >= 0.3 is 6.03 Å². The molecular formula is C27H43N5O6. The van der Waals surface area contributed by atoms with E-state index in [2.05, 4.69) is 26.2 Å². The summed E-state index contributed by atoms with van der Waals surface area (Å²) in [4.78, 5) is 53.1. The lowest BCUT2D eigenvalue weighted by atomic mass is 10.0. The van der Waals surface area contributed by atoms with Gasteiger partial charge in [0.15, 0.2) is 0 Å². The van der Waals surface area contributed by atoms with E-state index in [1.165, 1.54) is 0 Å². The van der Waals surface area contributed by atoms with Crippen LogP contribution in [-0.2, 0) is 25.7 Å². The maximum absolute atomic E-state index is 13.0. The molecule has 1 saturated heterocycles. The van der Waals surface area contributed by atoms with E-state index >= 15 is 0 Å². The monoisotopic (exact) mass is 533 g/mol. The number of benzene rings is 1. The minimum atomic E-state index is -1.00. The molecule has 11 nitrogen and oxygen atoms in total. The smallest absolute Gasteiger partial charge is 0.315 e. The molecule has 2 atom stereocenters. The number of urea groups is 1. The largest absolute Gasteiger partial charge is 0.497 e. The number of ether oxygens (including phenoxy) is 2. The van der Waals surface area contributed by atoms with Crippen molar-refractivity contribution in [1.82, 2.24) is 26.2 Å². The number of hydrogen-bond donors (Lipinski definition) is 4. The molecule has 1 heterocycles. The summed E-state index contributed by atoms with van der Waals surface area (Å²) < 4.78 is 10.6. The van der Waals surface area contributed by atoms with E-state index in [4.69, 9.17) is 9.47 Å². The van der Waals surface area contributed by atoms with Crippen LogP contribution in [0.2, 0.25) is 0 Å². The standard InChI is InChI=1S/C27H43N5O6/c1-6-22(24(33)26(35)29-17-20-14-19(4)15-21(16-20)37-5)30-25(34)23(13-18(2)3)31-27(36)28-7-8-32-9-11-38-12-10-32/h14-16,18,22-23H,6-13,17H2,1-5H3,(H,29,35)(H,30,34)(H2,28,31,36)/t22?,23-/m0/s1. The molecule has 0 bridgehead atoms. The van der Waals surface area contributed by atoms with Crippen LogP contribution in [0.4, 0.5) is 4.79 Å². The van der Waals surface area contributed by atoms with Gasteiger partial charge in [0.2, 0.25) is 11.7 Å². The zero-order chi connectivity index (χ0) is 28.1. The second kappa shape index (κ2) is 15.9. The Kier molecular flexibility index (Phi) is 13.0. The van der Waals surface area contributed by atoms with Crippen LogP contribution in [0.5, 0.6) is 5.75 Å². The van der Waals surface area contributed by atoms with Crippen LogP contribution in [0.3, 0.4) is 0 Å². The fraction of sp³-hybridized carbons (Fsp3) is 0.630. The summed E-state index contributed by atoms with van der Waals surface area (Å²) in [7, 11) is 1.56. The molecule has 1 fully saturated rings. The summed E-state index contributed by atoms with van der Waals surface area (Å²) in [5.41, 5.74) is 1.76. The van der Waals surface area contributed by atoms with Gasteiger partial charge in [0.1, 0.15) is 11.8 Å². The molecule has 0 aliphatic carbocycles. The molecule has 0 saturated carbocycles. The molecule has 38 heavy (non-hydrogen) atoms. The van der Waals surface area contributed by atoms with Crippen molar-refractivity contribution in [2.24, 2.45) is 5.92 Å². The normalized spacial score (nSPS) is 15.3. The van der Waals surface area contributed by atoms with Gasteiger partial charge in [-0.1, -0.05) is 26.8 Å². The Morgan fingerprint density at radius 3 is 2.37 bits per heavy atom. The molecule has 1 aromatic carbocycles. The summed E-state index contributed by atoms with van der Waals surface area (Å²) in [6.45, 7) is 11.8. The molecule has 1 aromatic rings. The Hall–Kier alpha value is -3.18. The molecule has 1 aliphatic heterocycles. The molecule has 1 unspecified atom stereocenters. The highest BCUT2D eigenvalue weighted by molar-refractivity contribution is 6.38. The van der Waals surface area contributed by atoms with Crippen LogP contribution in [0.25, 0.3) is 0 Å². The van der Waals surface area contributed by atoms with Crippen molar-refractivity contribution in [2.45, 2.75) is 59.2 Å². The summed E-state index contributed by atoms with van der Waals surface area (Å²) in [6, 6.07) is 3.24. The minimum absolute atomic E-state index is 0.116. The third-order valence-electron chi connectivity index (χ3n) is 6.21. The number of rotatable bonds is 14. The third-order valence-corrected chi connectivity index (χ3v) is 6.21. The molecule has 0 radical (unpaired) electrons. The van der Waals surface area contributed by atoms with Gasteiger partial charge in [0.05, 0.1) is 26.4 Å². The number of ketones is 1.